The van der Waals surface area contributed by atoms with Crippen molar-refractivity contribution in [3.8, 4) is 5.75 Å². The molecular formula is C23H27F5O2S. The molecule has 0 heterocycles. The van der Waals surface area contributed by atoms with Crippen molar-refractivity contribution in [2.45, 2.75) is 62.7 Å². The molecule has 0 saturated heterocycles. The Labute approximate surface area is 179 Å². The molecular weight excluding hydrogens is 435 g/mol. The molecule has 0 amide bonds. The highest BCUT2D eigenvalue weighted by Gasteiger charge is 2.65. The summed E-state index contributed by atoms with van der Waals surface area (Å²) in [7, 11) is -9.73. The Bertz CT molecular complexity index is 901. The maximum Gasteiger partial charge on any atom is 0.314 e. The van der Waals surface area contributed by atoms with E-state index in [1.165, 1.54) is 11.1 Å². The number of hydrogen-bond donors (Lipinski definition) is 0. The number of carbonyl (C=O) groups excluding carboxylic acids is 1. The molecule has 1 aliphatic carbocycles. The smallest absolute Gasteiger partial charge is 0.314 e. The largest absolute Gasteiger partial charge is 0.426 e. The van der Waals surface area contributed by atoms with Crippen LogP contribution in [0.5, 0.6) is 5.75 Å². The monoisotopic (exact) mass is 462 g/mol. The average Bonchev–Trinajstić information content (AvgIpc) is 2.71. The van der Waals surface area contributed by atoms with Crippen molar-refractivity contribution < 1.29 is 29.0 Å². The highest BCUT2D eigenvalue weighted by Crippen LogP contribution is 3.02. The molecule has 0 unspecified atom stereocenters. The van der Waals surface area contributed by atoms with Crippen molar-refractivity contribution in [2.75, 3.05) is 0 Å². The van der Waals surface area contributed by atoms with Crippen molar-refractivity contribution >= 4 is 16.2 Å². The lowest BCUT2D eigenvalue weighted by Crippen LogP contribution is -2.25. The lowest BCUT2D eigenvalue weighted by Gasteiger charge is -2.40. The van der Waals surface area contributed by atoms with Gasteiger partial charge in [-0.15, -0.1) is 0 Å². The molecule has 2 aromatic rings. The van der Waals surface area contributed by atoms with Gasteiger partial charge in [0.1, 0.15) is 10.6 Å². The van der Waals surface area contributed by atoms with Crippen LogP contribution in [-0.4, -0.2) is 5.97 Å². The van der Waals surface area contributed by atoms with E-state index in [0.717, 1.165) is 44.2 Å². The van der Waals surface area contributed by atoms with E-state index in [-0.39, 0.29) is 23.8 Å². The number of rotatable bonds is 7. The zero-order valence-corrected chi connectivity index (χ0v) is 18.2. The van der Waals surface area contributed by atoms with E-state index in [1.807, 2.05) is 0 Å². The van der Waals surface area contributed by atoms with Crippen LogP contribution in [0.25, 0.3) is 0 Å². The Morgan fingerprint density at radius 1 is 0.903 bits per heavy atom. The SMILES string of the molecule is CCCCc1ccc(C2CCC(C(=O)Oc3ccc(S(F)(F)(F)(F)F)cc3)CC2)cc1. The first kappa shape index (κ1) is 23.6. The summed E-state index contributed by atoms with van der Waals surface area (Å²) in [5, 5.41) is 0. The molecule has 1 fully saturated rings. The van der Waals surface area contributed by atoms with Crippen LogP contribution in [-0.2, 0) is 11.2 Å². The molecule has 1 aliphatic rings. The van der Waals surface area contributed by atoms with Crippen LogP contribution in [0.3, 0.4) is 0 Å². The Morgan fingerprint density at radius 3 is 2.00 bits per heavy atom. The number of benzene rings is 2. The average molecular weight is 463 g/mol. The van der Waals surface area contributed by atoms with E-state index >= 15 is 0 Å². The third-order valence-electron chi connectivity index (χ3n) is 5.82. The van der Waals surface area contributed by atoms with E-state index in [4.69, 9.17) is 4.74 Å². The van der Waals surface area contributed by atoms with Crippen molar-refractivity contribution in [3.63, 3.8) is 0 Å². The standard InChI is InChI=1S/C23H27F5O2S/c1-2-3-4-17-5-7-18(8-6-17)19-9-11-20(12-10-19)23(29)30-21-13-15-22(16-14-21)31(24,25,26,27)28/h5-8,13-16,19-20H,2-4,9-12H2,1H3. The fourth-order valence-electron chi connectivity index (χ4n) is 3.96. The second-order valence-corrected chi connectivity index (χ2v) is 10.7. The molecule has 0 bridgehead atoms. The molecule has 3 rings (SSSR count). The van der Waals surface area contributed by atoms with Gasteiger partial charge in [-0.25, -0.2) is 0 Å². The van der Waals surface area contributed by atoms with Gasteiger partial charge in [-0.05, 0) is 79.8 Å². The van der Waals surface area contributed by atoms with Crippen LogP contribution >= 0.6 is 10.2 Å². The van der Waals surface area contributed by atoms with Crippen LogP contribution in [0.1, 0.15) is 62.5 Å². The quantitative estimate of drug-likeness (QED) is 0.234. The molecule has 8 heteroatoms. The maximum absolute atomic E-state index is 12.8. The van der Waals surface area contributed by atoms with Crippen LogP contribution < -0.4 is 4.74 Å². The summed E-state index contributed by atoms with van der Waals surface area (Å²) >= 11 is 0. The number of esters is 1. The first-order valence-corrected chi connectivity index (χ1v) is 12.5. The van der Waals surface area contributed by atoms with Gasteiger partial charge < -0.3 is 4.74 Å². The minimum absolute atomic E-state index is 0.166. The molecule has 2 nitrogen and oxygen atoms in total. The third-order valence-corrected chi connectivity index (χ3v) is 6.98. The predicted octanol–water partition coefficient (Wildman–Crippen LogP) is 8.57. The lowest BCUT2D eigenvalue weighted by molar-refractivity contribution is -0.140. The van der Waals surface area contributed by atoms with Crippen LogP contribution in [0.15, 0.2) is 53.4 Å². The van der Waals surface area contributed by atoms with Gasteiger partial charge in [0, 0.05) is 0 Å². The Kier molecular flexibility index (Phi) is 6.17. The fraction of sp³-hybridized carbons (Fsp3) is 0.435. The summed E-state index contributed by atoms with van der Waals surface area (Å²) in [6.45, 7) is 2.16. The highest BCUT2D eigenvalue weighted by molar-refractivity contribution is 8.45. The van der Waals surface area contributed by atoms with E-state index < -0.39 is 21.1 Å². The second-order valence-electron chi connectivity index (χ2n) is 8.26. The Balaban J connectivity index is 1.53. The van der Waals surface area contributed by atoms with Gasteiger partial charge in [-0.2, -0.15) is 0 Å². The molecule has 31 heavy (non-hydrogen) atoms. The van der Waals surface area contributed by atoms with E-state index in [1.54, 1.807) is 0 Å². The maximum atomic E-state index is 12.8. The number of hydrogen-bond acceptors (Lipinski definition) is 2. The zero-order valence-electron chi connectivity index (χ0n) is 17.3. The summed E-state index contributed by atoms with van der Waals surface area (Å²) in [4.78, 5) is 10.4. The molecule has 1 saturated carbocycles. The molecule has 0 radical (unpaired) electrons. The first-order chi connectivity index (χ1) is 14.4. The van der Waals surface area contributed by atoms with Gasteiger partial charge >= 0.3 is 16.2 Å². The van der Waals surface area contributed by atoms with Gasteiger partial charge in [0.05, 0.1) is 5.92 Å². The van der Waals surface area contributed by atoms with Crippen LogP contribution in [0.2, 0.25) is 0 Å². The molecule has 0 aliphatic heterocycles. The van der Waals surface area contributed by atoms with Crippen LogP contribution in [0.4, 0.5) is 19.4 Å². The molecule has 172 valence electrons. The molecule has 2 aromatic carbocycles. The van der Waals surface area contributed by atoms with Crippen LogP contribution in [0, 0.1) is 5.92 Å². The van der Waals surface area contributed by atoms with E-state index in [2.05, 4.69) is 31.2 Å². The van der Waals surface area contributed by atoms with Gasteiger partial charge in [-0.1, -0.05) is 57.0 Å². The Hall–Kier alpha value is -2.09. The number of carbonyl (C=O) groups is 1. The summed E-state index contributed by atoms with van der Waals surface area (Å²) in [6.07, 6.45) is 6.25. The minimum Gasteiger partial charge on any atom is -0.426 e. The third kappa shape index (κ3) is 6.45. The molecule has 0 atom stereocenters. The van der Waals surface area contributed by atoms with Crippen molar-refractivity contribution in [1.29, 1.82) is 0 Å². The van der Waals surface area contributed by atoms with Gasteiger partial charge in [0.15, 0.2) is 0 Å². The summed E-state index contributed by atoms with van der Waals surface area (Å²) in [5.74, 6) is -0.690. The number of ether oxygens (including phenoxy) is 1. The Morgan fingerprint density at radius 2 is 1.48 bits per heavy atom. The zero-order chi connectivity index (χ0) is 22.8. The van der Waals surface area contributed by atoms with Crippen molar-refractivity contribution in [3.05, 3.63) is 59.7 Å². The van der Waals surface area contributed by atoms with Crippen molar-refractivity contribution in [1.82, 2.24) is 0 Å². The van der Waals surface area contributed by atoms with Gasteiger partial charge in [-0.3, -0.25) is 4.79 Å². The molecule has 0 spiro atoms. The first-order valence-electron chi connectivity index (χ1n) is 10.5. The minimum atomic E-state index is -9.73. The summed E-state index contributed by atoms with van der Waals surface area (Å²) < 4.78 is 69.0. The lowest BCUT2D eigenvalue weighted by atomic mass is 9.78. The predicted molar refractivity (Wildman–Crippen MR) is 113 cm³/mol. The summed E-state index contributed by atoms with van der Waals surface area (Å²) in [6, 6.07) is 10.6. The van der Waals surface area contributed by atoms with E-state index in [9.17, 15) is 24.2 Å². The topological polar surface area (TPSA) is 26.3 Å². The molecule has 0 N–H and O–H groups in total. The van der Waals surface area contributed by atoms with Gasteiger partial charge in [0.25, 0.3) is 0 Å². The fourth-order valence-corrected chi connectivity index (χ4v) is 4.61. The summed E-state index contributed by atoms with van der Waals surface area (Å²) in [5.41, 5.74) is 2.57. The van der Waals surface area contributed by atoms with Gasteiger partial charge in [0.2, 0.25) is 0 Å². The number of unbranched alkanes of at least 4 members (excludes halogenated alkanes) is 1. The number of aryl methyl sites for hydroxylation is 1. The molecule has 0 aromatic heterocycles. The van der Waals surface area contributed by atoms with Crippen molar-refractivity contribution in [2.24, 2.45) is 5.92 Å². The second kappa shape index (κ2) is 8.11. The highest BCUT2D eigenvalue weighted by atomic mass is 32.5. The normalized spacial score (nSPS) is 21.7. The number of halogens is 5. The van der Waals surface area contributed by atoms with E-state index in [0.29, 0.717) is 18.8 Å².